The first kappa shape index (κ1) is 8.79. The topological polar surface area (TPSA) is 17.1 Å². The summed E-state index contributed by atoms with van der Waals surface area (Å²) in [5.41, 5.74) is 1.24. The number of carbonyl (C=O) groups excluding carboxylic acids is 1. The lowest BCUT2D eigenvalue weighted by molar-refractivity contribution is -0.111. The van der Waals surface area contributed by atoms with E-state index < -0.39 is 0 Å². The second-order valence-electron chi connectivity index (χ2n) is 2.99. The third-order valence-electron chi connectivity index (χ3n) is 2.00. The van der Waals surface area contributed by atoms with Gasteiger partial charge in [-0.2, -0.15) is 0 Å². The van der Waals surface area contributed by atoms with Gasteiger partial charge in [0.15, 0.2) is 0 Å². The second kappa shape index (κ2) is 4.55. The summed E-state index contributed by atoms with van der Waals surface area (Å²) in [6.45, 7) is 0. The maximum atomic E-state index is 10.5. The Morgan fingerprint density at radius 3 is 3.00 bits per heavy atom. The fourth-order valence-electron chi connectivity index (χ4n) is 1.42. The largest absolute Gasteiger partial charge is 0.281 e. The van der Waals surface area contributed by atoms with Crippen molar-refractivity contribution in [3.05, 3.63) is 11.6 Å². The number of allylic oxidation sites excluding steroid dienone is 2. The third kappa shape index (κ3) is 3.57. The van der Waals surface area contributed by atoms with E-state index in [0.717, 1.165) is 12.8 Å². The Morgan fingerprint density at radius 2 is 2.27 bits per heavy atom. The number of hydrogen-bond donors (Lipinski definition) is 0. The Balaban J connectivity index is 2.40. The molecule has 0 N–H and O–H groups in total. The smallest absolute Gasteiger partial charge is 0.225 e. The van der Waals surface area contributed by atoms with Crippen LogP contribution in [-0.4, -0.2) is 5.24 Å². The van der Waals surface area contributed by atoms with E-state index in [1.54, 1.807) is 0 Å². The number of rotatable bonds is 2. The maximum absolute atomic E-state index is 10.5. The average molecular weight is 173 g/mol. The minimum Gasteiger partial charge on any atom is -0.281 e. The molecule has 0 bridgehead atoms. The fourth-order valence-corrected chi connectivity index (χ4v) is 1.59. The van der Waals surface area contributed by atoms with E-state index >= 15 is 0 Å². The predicted molar refractivity (Wildman–Crippen MR) is 46.6 cm³/mol. The molecule has 0 aromatic rings. The molecule has 62 valence electrons. The van der Waals surface area contributed by atoms with Gasteiger partial charge in [-0.05, 0) is 37.3 Å². The first-order valence-electron chi connectivity index (χ1n) is 4.15. The van der Waals surface area contributed by atoms with Gasteiger partial charge in [0, 0.05) is 6.42 Å². The van der Waals surface area contributed by atoms with Crippen LogP contribution >= 0.6 is 11.6 Å². The molecule has 0 fully saturated rings. The molecular formula is C9H13ClO. The monoisotopic (exact) mass is 172 g/mol. The number of halogens is 1. The van der Waals surface area contributed by atoms with E-state index in [9.17, 15) is 4.79 Å². The summed E-state index contributed by atoms with van der Waals surface area (Å²) in [6.07, 6.45) is 8.60. The van der Waals surface area contributed by atoms with Gasteiger partial charge in [-0.3, -0.25) is 4.79 Å². The van der Waals surface area contributed by atoms with Crippen LogP contribution in [0, 0.1) is 0 Å². The molecule has 11 heavy (non-hydrogen) atoms. The highest BCUT2D eigenvalue weighted by molar-refractivity contribution is 6.63. The summed E-state index contributed by atoms with van der Waals surface area (Å²) in [4.78, 5) is 10.5. The van der Waals surface area contributed by atoms with Crippen molar-refractivity contribution >= 4 is 16.8 Å². The van der Waals surface area contributed by atoms with Gasteiger partial charge in [-0.25, -0.2) is 0 Å². The zero-order chi connectivity index (χ0) is 8.10. The van der Waals surface area contributed by atoms with Crippen LogP contribution in [0.3, 0.4) is 0 Å². The zero-order valence-corrected chi connectivity index (χ0v) is 7.36. The van der Waals surface area contributed by atoms with Crippen molar-refractivity contribution in [3.63, 3.8) is 0 Å². The minimum atomic E-state index is -0.224. The SMILES string of the molecule is O=C(Cl)CC1=CCCCCC1. The van der Waals surface area contributed by atoms with Gasteiger partial charge in [0.25, 0.3) is 0 Å². The summed E-state index contributed by atoms with van der Waals surface area (Å²) in [5, 5.41) is -0.224. The third-order valence-corrected chi connectivity index (χ3v) is 2.13. The maximum Gasteiger partial charge on any atom is 0.225 e. The molecule has 1 rings (SSSR count). The van der Waals surface area contributed by atoms with Crippen LogP contribution in [0.2, 0.25) is 0 Å². The highest BCUT2D eigenvalue weighted by Crippen LogP contribution is 2.20. The lowest BCUT2D eigenvalue weighted by Crippen LogP contribution is -1.90. The van der Waals surface area contributed by atoms with Crippen molar-refractivity contribution < 1.29 is 4.79 Å². The molecule has 0 radical (unpaired) electrons. The molecule has 1 aliphatic carbocycles. The molecule has 2 heteroatoms. The van der Waals surface area contributed by atoms with Crippen molar-refractivity contribution in [2.45, 2.75) is 38.5 Å². The van der Waals surface area contributed by atoms with Crippen LogP contribution < -0.4 is 0 Å². The van der Waals surface area contributed by atoms with E-state index in [1.807, 2.05) is 0 Å². The summed E-state index contributed by atoms with van der Waals surface area (Å²) in [7, 11) is 0. The normalized spacial score (nSPS) is 18.8. The average Bonchev–Trinajstić information content (AvgIpc) is 2.14. The van der Waals surface area contributed by atoms with E-state index in [1.165, 1.54) is 24.8 Å². The molecule has 0 spiro atoms. The molecule has 0 aliphatic heterocycles. The summed E-state index contributed by atoms with van der Waals surface area (Å²) >= 11 is 5.28. The molecular weight excluding hydrogens is 160 g/mol. The molecule has 0 aromatic heterocycles. The zero-order valence-electron chi connectivity index (χ0n) is 6.61. The molecule has 1 nitrogen and oxygen atoms in total. The first-order chi connectivity index (χ1) is 5.29. The molecule has 1 aliphatic rings. The predicted octanol–water partition coefficient (Wildman–Crippen LogP) is 3.03. The van der Waals surface area contributed by atoms with Crippen molar-refractivity contribution in [2.24, 2.45) is 0 Å². The number of carbonyl (C=O) groups is 1. The Kier molecular flexibility index (Phi) is 3.64. The summed E-state index contributed by atoms with van der Waals surface area (Å²) in [5.74, 6) is 0. The van der Waals surface area contributed by atoms with Gasteiger partial charge in [-0.15, -0.1) is 0 Å². The Labute approximate surface area is 72.4 Å². The van der Waals surface area contributed by atoms with Gasteiger partial charge in [0.05, 0.1) is 0 Å². The summed E-state index contributed by atoms with van der Waals surface area (Å²) in [6, 6.07) is 0. The lowest BCUT2D eigenvalue weighted by Gasteiger charge is -1.99. The van der Waals surface area contributed by atoms with Crippen LogP contribution in [0.4, 0.5) is 0 Å². The standard InChI is InChI=1S/C9H13ClO/c10-9(11)7-8-5-3-1-2-4-6-8/h5H,1-4,6-7H2. The van der Waals surface area contributed by atoms with E-state index in [2.05, 4.69) is 6.08 Å². The van der Waals surface area contributed by atoms with Crippen LogP contribution in [-0.2, 0) is 4.79 Å². The molecule has 0 saturated carbocycles. The van der Waals surface area contributed by atoms with Gasteiger partial charge in [0.2, 0.25) is 5.24 Å². The quantitative estimate of drug-likeness (QED) is 0.462. The molecule has 0 amide bonds. The first-order valence-corrected chi connectivity index (χ1v) is 4.53. The van der Waals surface area contributed by atoms with E-state index in [-0.39, 0.29) is 5.24 Å². The molecule has 0 saturated heterocycles. The van der Waals surface area contributed by atoms with Gasteiger partial charge in [0.1, 0.15) is 0 Å². The van der Waals surface area contributed by atoms with Crippen LogP contribution in [0.25, 0.3) is 0 Å². The van der Waals surface area contributed by atoms with Crippen LogP contribution in [0.5, 0.6) is 0 Å². The van der Waals surface area contributed by atoms with Gasteiger partial charge < -0.3 is 0 Å². The molecule has 0 heterocycles. The Morgan fingerprint density at radius 1 is 1.45 bits per heavy atom. The van der Waals surface area contributed by atoms with Crippen LogP contribution in [0.15, 0.2) is 11.6 Å². The van der Waals surface area contributed by atoms with E-state index in [0.29, 0.717) is 6.42 Å². The fraction of sp³-hybridized carbons (Fsp3) is 0.667. The lowest BCUT2D eigenvalue weighted by atomic mass is 10.1. The second-order valence-corrected chi connectivity index (χ2v) is 3.42. The van der Waals surface area contributed by atoms with Gasteiger partial charge in [-0.1, -0.05) is 18.1 Å². The highest BCUT2D eigenvalue weighted by atomic mass is 35.5. The van der Waals surface area contributed by atoms with Crippen molar-refractivity contribution in [1.82, 2.24) is 0 Å². The van der Waals surface area contributed by atoms with Crippen LogP contribution in [0.1, 0.15) is 38.5 Å². The van der Waals surface area contributed by atoms with E-state index in [4.69, 9.17) is 11.6 Å². The molecule has 0 atom stereocenters. The minimum absolute atomic E-state index is 0.224. The molecule has 0 aromatic carbocycles. The van der Waals surface area contributed by atoms with Gasteiger partial charge >= 0.3 is 0 Å². The highest BCUT2D eigenvalue weighted by Gasteiger charge is 2.05. The summed E-state index contributed by atoms with van der Waals surface area (Å²) < 4.78 is 0. The van der Waals surface area contributed by atoms with Crippen molar-refractivity contribution in [3.8, 4) is 0 Å². The van der Waals surface area contributed by atoms with Crippen molar-refractivity contribution in [1.29, 1.82) is 0 Å². The molecule has 0 unspecified atom stereocenters. The van der Waals surface area contributed by atoms with Crippen molar-refractivity contribution in [2.75, 3.05) is 0 Å². The Hall–Kier alpha value is -0.300. The number of hydrogen-bond acceptors (Lipinski definition) is 1. The Bertz CT molecular complexity index is 172.